The Bertz CT molecular complexity index is 349. The van der Waals surface area contributed by atoms with Crippen molar-refractivity contribution in [2.24, 2.45) is 0 Å². The zero-order chi connectivity index (χ0) is 12.8. The van der Waals surface area contributed by atoms with Crippen LogP contribution < -0.4 is 4.74 Å². The van der Waals surface area contributed by atoms with Gasteiger partial charge in [-0.05, 0) is 50.2 Å². The van der Waals surface area contributed by atoms with Crippen molar-refractivity contribution in [1.82, 2.24) is 4.90 Å². The molecule has 1 saturated heterocycles. The molecule has 1 aliphatic rings. The maximum absolute atomic E-state index is 9.94. The highest BCUT2D eigenvalue weighted by molar-refractivity contribution is 9.10. The van der Waals surface area contributed by atoms with Crippen molar-refractivity contribution in [3.63, 3.8) is 0 Å². The molecule has 0 radical (unpaired) electrons. The Morgan fingerprint density at radius 3 is 2.50 bits per heavy atom. The summed E-state index contributed by atoms with van der Waals surface area (Å²) in [5.74, 6) is 0.802. The number of hydrogen-bond acceptors (Lipinski definition) is 3. The van der Waals surface area contributed by atoms with Gasteiger partial charge in [0.05, 0.1) is 0 Å². The van der Waals surface area contributed by atoms with Crippen molar-refractivity contribution in [3.05, 3.63) is 28.7 Å². The molecule has 0 spiro atoms. The number of rotatable bonds is 5. The second-order valence-electron chi connectivity index (χ2n) is 4.78. The normalized spacial score (nSPS) is 18.6. The highest BCUT2D eigenvalue weighted by Crippen LogP contribution is 2.16. The molecule has 4 heteroatoms. The van der Waals surface area contributed by atoms with E-state index < -0.39 is 6.10 Å². The molecular formula is C14H20BrNO2. The molecule has 1 aromatic carbocycles. The molecule has 0 saturated carbocycles. The van der Waals surface area contributed by atoms with Crippen molar-refractivity contribution >= 4 is 15.9 Å². The molecule has 3 nitrogen and oxygen atoms in total. The summed E-state index contributed by atoms with van der Waals surface area (Å²) in [7, 11) is 0. The molecule has 1 fully saturated rings. The number of aliphatic hydroxyl groups excluding tert-OH is 1. The molecular weight excluding hydrogens is 294 g/mol. The van der Waals surface area contributed by atoms with Crippen LogP contribution in [0, 0.1) is 0 Å². The first-order chi connectivity index (χ1) is 8.74. The Hall–Kier alpha value is -0.580. The number of hydrogen-bond donors (Lipinski definition) is 1. The van der Waals surface area contributed by atoms with E-state index in [4.69, 9.17) is 4.74 Å². The van der Waals surface area contributed by atoms with Gasteiger partial charge in [0.25, 0.3) is 0 Å². The maximum atomic E-state index is 9.94. The minimum absolute atomic E-state index is 0.359. The fourth-order valence-corrected chi connectivity index (χ4v) is 2.48. The van der Waals surface area contributed by atoms with Gasteiger partial charge in [0.2, 0.25) is 0 Å². The minimum atomic E-state index is -0.410. The first kappa shape index (κ1) is 13.8. The summed E-state index contributed by atoms with van der Waals surface area (Å²) in [5.41, 5.74) is 0. The van der Waals surface area contributed by atoms with E-state index in [2.05, 4.69) is 20.8 Å². The highest BCUT2D eigenvalue weighted by Gasteiger charge is 2.14. The maximum Gasteiger partial charge on any atom is 0.119 e. The fraction of sp³-hybridized carbons (Fsp3) is 0.571. The van der Waals surface area contributed by atoms with Crippen LogP contribution in [0.2, 0.25) is 0 Å². The number of nitrogens with zero attached hydrogens (tertiary/aromatic N) is 1. The number of ether oxygens (including phenoxy) is 1. The van der Waals surface area contributed by atoms with E-state index in [-0.39, 0.29) is 0 Å². The molecule has 1 atom stereocenters. The van der Waals surface area contributed by atoms with E-state index in [9.17, 15) is 5.11 Å². The van der Waals surface area contributed by atoms with Crippen LogP contribution in [-0.4, -0.2) is 42.4 Å². The van der Waals surface area contributed by atoms with Gasteiger partial charge in [-0.15, -0.1) is 0 Å². The molecule has 0 amide bonds. The monoisotopic (exact) mass is 313 g/mol. The van der Waals surface area contributed by atoms with E-state index in [1.54, 1.807) is 0 Å². The van der Waals surface area contributed by atoms with Crippen LogP contribution in [0.4, 0.5) is 0 Å². The van der Waals surface area contributed by atoms with Crippen LogP contribution in [0.25, 0.3) is 0 Å². The SMILES string of the molecule is OC(COc1ccc(Br)cc1)CN1CCCCC1. The van der Waals surface area contributed by atoms with Crippen LogP contribution in [0.5, 0.6) is 5.75 Å². The van der Waals surface area contributed by atoms with Gasteiger partial charge < -0.3 is 14.7 Å². The van der Waals surface area contributed by atoms with Crippen molar-refractivity contribution in [2.45, 2.75) is 25.4 Å². The molecule has 0 bridgehead atoms. The quantitative estimate of drug-likeness (QED) is 0.907. The Morgan fingerprint density at radius 1 is 1.17 bits per heavy atom. The summed E-state index contributed by atoms with van der Waals surface area (Å²) in [6.07, 6.45) is 3.41. The second-order valence-corrected chi connectivity index (χ2v) is 5.70. The minimum Gasteiger partial charge on any atom is -0.491 e. The van der Waals surface area contributed by atoms with Gasteiger partial charge >= 0.3 is 0 Å². The molecule has 1 N–H and O–H groups in total. The van der Waals surface area contributed by atoms with Crippen LogP contribution in [-0.2, 0) is 0 Å². The predicted octanol–water partition coefficient (Wildman–Crippen LogP) is 2.67. The predicted molar refractivity (Wildman–Crippen MR) is 75.9 cm³/mol. The third-order valence-electron chi connectivity index (χ3n) is 3.17. The van der Waals surface area contributed by atoms with E-state index in [1.165, 1.54) is 19.3 Å². The van der Waals surface area contributed by atoms with E-state index in [0.29, 0.717) is 6.61 Å². The average molecular weight is 314 g/mol. The Kier molecular flexibility index (Phi) is 5.47. The summed E-state index contributed by atoms with van der Waals surface area (Å²) in [5, 5.41) is 9.94. The fourth-order valence-electron chi connectivity index (χ4n) is 2.22. The standard InChI is InChI=1S/C14H20BrNO2/c15-12-4-6-14(7-5-12)18-11-13(17)10-16-8-2-1-3-9-16/h4-7,13,17H,1-3,8-11H2. The van der Waals surface area contributed by atoms with E-state index in [0.717, 1.165) is 29.9 Å². The molecule has 0 aliphatic carbocycles. The topological polar surface area (TPSA) is 32.7 Å². The van der Waals surface area contributed by atoms with E-state index >= 15 is 0 Å². The van der Waals surface area contributed by atoms with E-state index in [1.807, 2.05) is 24.3 Å². The third-order valence-corrected chi connectivity index (χ3v) is 3.70. The average Bonchev–Trinajstić information content (AvgIpc) is 2.39. The van der Waals surface area contributed by atoms with Gasteiger partial charge in [0, 0.05) is 11.0 Å². The smallest absolute Gasteiger partial charge is 0.119 e. The van der Waals surface area contributed by atoms with Crippen molar-refractivity contribution < 1.29 is 9.84 Å². The largest absolute Gasteiger partial charge is 0.491 e. The van der Waals surface area contributed by atoms with Crippen molar-refractivity contribution in [3.8, 4) is 5.75 Å². The first-order valence-corrected chi connectivity index (χ1v) is 7.32. The third kappa shape index (κ3) is 4.59. The van der Waals surface area contributed by atoms with Crippen LogP contribution in [0.3, 0.4) is 0 Å². The number of halogens is 1. The van der Waals surface area contributed by atoms with Crippen molar-refractivity contribution in [2.75, 3.05) is 26.2 Å². The van der Waals surface area contributed by atoms with Gasteiger partial charge in [-0.3, -0.25) is 0 Å². The Balaban J connectivity index is 1.70. The van der Waals surface area contributed by atoms with Crippen LogP contribution in [0.15, 0.2) is 28.7 Å². The molecule has 1 aliphatic heterocycles. The number of likely N-dealkylation sites (tertiary alicyclic amines) is 1. The zero-order valence-electron chi connectivity index (χ0n) is 10.5. The lowest BCUT2D eigenvalue weighted by Crippen LogP contribution is -2.38. The molecule has 0 aromatic heterocycles. The lowest BCUT2D eigenvalue weighted by Gasteiger charge is -2.28. The van der Waals surface area contributed by atoms with Gasteiger partial charge in [-0.1, -0.05) is 22.4 Å². The summed E-state index contributed by atoms with van der Waals surface area (Å²) in [6.45, 7) is 3.29. The molecule has 100 valence electrons. The molecule has 2 rings (SSSR count). The number of piperidine rings is 1. The van der Waals surface area contributed by atoms with Gasteiger partial charge in [0.1, 0.15) is 18.5 Å². The summed E-state index contributed by atoms with van der Waals surface area (Å²) >= 11 is 3.38. The number of benzene rings is 1. The summed E-state index contributed by atoms with van der Waals surface area (Å²) in [6, 6.07) is 7.67. The van der Waals surface area contributed by atoms with Crippen molar-refractivity contribution in [1.29, 1.82) is 0 Å². The molecule has 1 heterocycles. The first-order valence-electron chi connectivity index (χ1n) is 6.53. The number of aliphatic hydroxyl groups is 1. The lowest BCUT2D eigenvalue weighted by molar-refractivity contribution is 0.0617. The molecule has 18 heavy (non-hydrogen) atoms. The zero-order valence-corrected chi connectivity index (χ0v) is 12.1. The Morgan fingerprint density at radius 2 is 1.83 bits per heavy atom. The Labute approximate surface area is 117 Å². The molecule has 1 aromatic rings. The molecule has 1 unspecified atom stereocenters. The second kappa shape index (κ2) is 7.12. The van der Waals surface area contributed by atoms with Crippen LogP contribution >= 0.6 is 15.9 Å². The summed E-state index contributed by atoms with van der Waals surface area (Å²) in [4.78, 5) is 2.32. The van der Waals surface area contributed by atoms with Gasteiger partial charge in [-0.2, -0.15) is 0 Å². The summed E-state index contributed by atoms with van der Waals surface area (Å²) < 4.78 is 6.60. The number of β-amino-alcohol motifs (C(OH)–C–C–N with tert-alkyl or cyclic N) is 1. The highest BCUT2D eigenvalue weighted by atomic mass is 79.9. The van der Waals surface area contributed by atoms with Gasteiger partial charge in [0.15, 0.2) is 0 Å². The van der Waals surface area contributed by atoms with Crippen LogP contribution in [0.1, 0.15) is 19.3 Å². The lowest BCUT2D eigenvalue weighted by atomic mass is 10.1. The van der Waals surface area contributed by atoms with Gasteiger partial charge in [-0.25, -0.2) is 0 Å².